The number of halogens is 2. The maximum absolute atomic E-state index is 12.4. The van der Waals surface area contributed by atoms with Crippen molar-refractivity contribution < 1.29 is 9.53 Å². The summed E-state index contributed by atoms with van der Waals surface area (Å²) in [5.41, 5.74) is 1.31. The number of amides is 1. The van der Waals surface area contributed by atoms with Gasteiger partial charge in [-0.05, 0) is 46.3 Å². The van der Waals surface area contributed by atoms with Gasteiger partial charge in [0.1, 0.15) is 5.75 Å². The minimum absolute atomic E-state index is 0.253. The summed E-state index contributed by atoms with van der Waals surface area (Å²) < 4.78 is 8.00. The number of anilines is 1. The van der Waals surface area contributed by atoms with E-state index in [1.54, 1.807) is 12.1 Å². The predicted octanol–water partition coefficient (Wildman–Crippen LogP) is 5.08. The Morgan fingerprint density at radius 1 is 1.27 bits per heavy atom. The van der Waals surface area contributed by atoms with E-state index >= 15 is 0 Å². The topological polar surface area (TPSA) is 51.2 Å². The van der Waals surface area contributed by atoms with Crippen molar-refractivity contribution in [1.29, 1.82) is 0 Å². The number of nitrogens with one attached hydrogen (secondary N) is 1. The summed E-state index contributed by atoms with van der Waals surface area (Å²) >= 11 is 8.23. The molecular formula is C15H10Br2N2O2S. The maximum atomic E-state index is 12.4. The lowest BCUT2D eigenvalue weighted by molar-refractivity contribution is 0.102. The third kappa shape index (κ3) is 3.02. The van der Waals surface area contributed by atoms with E-state index in [0.717, 1.165) is 19.2 Å². The Balaban J connectivity index is 1.91. The highest BCUT2D eigenvalue weighted by Crippen LogP contribution is 2.31. The Hall–Kier alpha value is -1.44. The molecular weight excluding hydrogens is 432 g/mol. The van der Waals surface area contributed by atoms with E-state index in [9.17, 15) is 4.79 Å². The summed E-state index contributed by atoms with van der Waals surface area (Å²) in [5, 5.41) is 3.38. The normalized spacial score (nSPS) is 10.7. The molecule has 0 saturated heterocycles. The number of para-hydroxylation sites is 1. The zero-order valence-electron chi connectivity index (χ0n) is 11.4. The largest absolute Gasteiger partial charge is 0.495 e. The molecule has 7 heteroatoms. The zero-order valence-corrected chi connectivity index (χ0v) is 15.4. The minimum Gasteiger partial charge on any atom is -0.495 e. The third-order valence-electron chi connectivity index (χ3n) is 2.99. The number of hydrogen-bond acceptors (Lipinski definition) is 4. The van der Waals surface area contributed by atoms with E-state index in [-0.39, 0.29) is 5.91 Å². The van der Waals surface area contributed by atoms with Gasteiger partial charge in [0.2, 0.25) is 0 Å². The first-order valence-corrected chi connectivity index (χ1v) is 8.68. The highest BCUT2D eigenvalue weighted by Gasteiger charge is 2.16. The number of thiazole rings is 1. The Morgan fingerprint density at radius 2 is 2.09 bits per heavy atom. The van der Waals surface area contributed by atoms with Gasteiger partial charge in [0.15, 0.2) is 5.13 Å². The quantitative estimate of drug-likeness (QED) is 0.616. The molecule has 1 N–H and O–H groups in total. The van der Waals surface area contributed by atoms with Crippen LogP contribution in [-0.2, 0) is 0 Å². The maximum Gasteiger partial charge on any atom is 0.261 e. The lowest BCUT2D eigenvalue weighted by Gasteiger charge is -2.09. The number of ether oxygens (including phenoxy) is 1. The van der Waals surface area contributed by atoms with Gasteiger partial charge in [0, 0.05) is 4.47 Å². The number of hydrogen-bond donors (Lipinski definition) is 1. The Labute approximate surface area is 147 Å². The van der Waals surface area contributed by atoms with Crippen LogP contribution in [0.5, 0.6) is 5.75 Å². The van der Waals surface area contributed by atoms with Crippen LogP contribution in [0, 0.1) is 0 Å². The van der Waals surface area contributed by atoms with Crippen molar-refractivity contribution in [3.63, 3.8) is 0 Å². The molecule has 112 valence electrons. The van der Waals surface area contributed by atoms with Crippen molar-refractivity contribution in [2.24, 2.45) is 0 Å². The van der Waals surface area contributed by atoms with Crippen LogP contribution >= 0.6 is 43.2 Å². The third-order valence-corrected chi connectivity index (χ3v) is 5.04. The predicted molar refractivity (Wildman–Crippen MR) is 96.0 cm³/mol. The molecule has 1 aromatic heterocycles. The van der Waals surface area contributed by atoms with E-state index in [1.807, 2.05) is 24.3 Å². The van der Waals surface area contributed by atoms with E-state index in [1.165, 1.54) is 18.4 Å². The van der Waals surface area contributed by atoms with Crippen molar-refractivity contribution >= 4 is 64.5 Å². The number of nitrogens with zero attached hydrogens (tertiary/aromatic N) is 1. The van der Waals surface area contributed by atoms with Crippen molar-refractivity contribution in [1.82, 2.24) is 4.98 Å². The average molecular weight is 442 g/mol. The lowest BCUT2D eigenvalue weighted by atomic mass is 10.2. The van der Waals surface area contributed by atoms with Gasteiger partial charge in [-0.1, -0.05) is 33.3 Å². The number of aromatic nitrogens is 1. The molecule has 1 amide bonds. The van der Waals surface area contributed by atoms with Gasteiger partial charge in [-0.2, -0.15) is 0 Å². The number of rotatable bonds is 3. The summed E-state index contributed by atoms with van der Waals surface area (Å²) in [7, 11) is 1.53. The summed E-state index contributed by atoms with van der Waals surface area (Å²) in [5.74, 6) is 0.250. The molecule has 0 atom stereocenters. The average Bonchev–Trinajstić information content (AvgIpc) is 2.88. The molecule has 0 unspecified atom stereocenters. The molecule has 3 aromatic rings. The minimum atomic E-state index is -0.253. The number of carbonyl (C=O) groups is 1. The first kappa shape index (κ1) is 15.5. The lowest BCUT2D eigenvalue weighted by Crippen LogP contribution is -2.13. The molecule has 0 bridgehead atoms. The zero-order chi connectivity index (χ0) is 15.7. The molecule has 0 spiro atoms. The van der Waals surface area contributed by atoms with Crippen LogP contribution < -0.4 is 10.1 Å². The molecule has 0 fully saturated rings. The van der Waals surface area contributed by atoms with Gasteiger partial charge in [0.25, 0.3) is 5.91 Å². The van der Waals surface area contributed by atoms with Crippen LogP contribution in [-0.4, -0.2) is 18.0 Å². The molecule has 4 nitrogen and oxygen atoms in total. The highest BCUT2D eigenvalue weighted by atomic mass is 79.9. The Kier molecular flexibility index (Phi) is 4.46. The molecule has 0 saturated carbocycles. The first-order chi connectivity index (χ1) is 10.6. The summed E-state index contributed by atoms with van der Waals surface area (Å²) in [6.07, 6.45) is 0. The van der Waals surface area contributed by atoms with Crippen LogP contribution in [0.15, 0.2) is 45.3 Å². The van der Waals surface area contributed by atoms with E-state index in [4.69, 9.17) is 4.74 Å². The Morgan fingerprint density at radius 3 is 2.86 bits per heavy atom. The molecule has 0 radical (unpaired) electrons. The molecule has 0 aliphatic rings. The van der Waals surface area contributed by atoms with Gasteiger partial charge in [-0.3, -0.25) is 10.1 Å². The van der Waals surface area contributed by atoms with Crippen molar-refractivity contribution in [2.45, 2.75) is 0 Å². The summed E-state index contributed by atoms with van der Waals surface area (Å²) in [6, 6.07) is 11.1. The second-order valence-electron chi connectivity index (χ2n) is 4.41. The van der Waals surface area contributed by atoms with Gasteiger partial charge in [0.05, 0.1) is 27.4 Å². The fourth-order valence-electron chi connectivity index (χ4n) is 2.01. The van der Waals surface area contributed by atoms with Crippen LogP contribution in [0.4, 0.5) is 5.13 Å². The SMILES string of the molecule is COc1c(Br)cccc1C(=O)Nc1nc2ccc(Br)cc2s1. The number of benzene rings is 2. The van der Waals surface area contributed by atoms with Gasteiger partial charge >= 0.3 is 0 Å². The smallest absolute Gasteiger partial charge is 0.261 e. The van der Waals surface area contributed by atoms with E-state index < -0.39 is 0 Å². The fourth-order valence-corrected chi connectivity index (χ4v) is 3.95. The van der Waals surface area contributed by atoms with E-state index in [0.29, 0.717) is 16.4 Å². The molecule has 1 heterocycles. The monoisotopic (exact) mass is 440 g/mol. The highest BCUT2D eigenvalue weighted by molar-refractivity contribution is 9.10. The first-order valence-electron chi connectivity index (χ1n) is 6.28. The fraction of sp³-hybridized carbons (Fsp3) is 0.0667. The van der Waals surface area contributed by atoms with Gasteiger partial charge in [-0.15, -0.1) is 0 Å². The standard InChI is InChI=1S/C15H10Br2N2O2S/c1-21-13-9(3-2-4-10(13)17)14(20)19-15-18-11-6-5-8(16)7-12(11)22-15/h2-7H,1H3,(H,18,19,20). The second-order valence-corrected chi connectivity index (χ2v) is 7.21. The summed E-state index contributed by atoms with van der Waals surface area (Å²) in [6.45, 7) is 0. The molecule has 0 aliphatic carbocycles. The van der Waals surface area contributed by atoms with Crippen LogP contribution in [0.25, 0.3) is 10.2 Å². The molecule has 0 aliphatic heterocycles. The van der Waals surface area contributed by atoms with Gasteiger partial charge < -0.3 is 4.74 Å². The van der Waals surface area contributed by atoms with Crippen molar-refractivity contribution in [3.05, 3.63) is 50.9 Å². The second kappa shape index (κ2) is 6.36. The Bertz CT molecular complexity index is 864. The van der Waals surface area contributed by atoms with Gasteiger partial charge in [-0.25, -0.2) is 4.98 Å². The molecule has 22 heavy (non-hydrogen) atoms. The van der Waals surface area contributed by atoms with Crippen molar-refractivity contribution in [2.75, 3.05) is 12.4 Å². The summed E-state index contributed by atoms with van der Waals surface area (Å²) in [4.78, 5) is 16.8. The van der Waals surface area contributed by atoms with Crippen LogP contribution in [0.2, 0.25) is 0 Å². The van der Waals surface area contributed by atoms with Crippen LogP contribution in [0.1, 0.15) is 10.4 Å². The number of fused-ring (bicyclic) bond motifs is 1. The number of methoxy groups -OCH3 is 1. The molecule has 2 aromatic carbocycles. The van der Waals surface area contributed by atoms with E-state index in [2.05, 4.69) is 42.2 Å². The van der Waals surface area contributed by atoms with Crippen molar-refractivity contribution in [3.8, 4) is 5.75 Å². The van der Waals surface area contributed by atoms with Crippen LogP contribution in [0.3, 0.4) is 0 Å². The number of carbonyl (C=O) groups excluding carboxylic acids is 1. The molecule has 3 rings (SSSR count).